The maximum atomic E-state index is 13.9. The van der Waals surface area contributed by atoms with Gasteiger partial charge >= 0.3 is 0 Å². The van der Waals surface area contributed by atoms with Crippen molar-refractivity contribution in [3.63, 3.8) is 0 Å². The van der Waals surface area contributed by atoms with E-state index < -0.39 is 0 Å². The van der Waals surface area contributed by atoms with E-state index in [1.807, 2.05) is 12.1 Å². The van der Waals surface area contributed by atoms with E-state index in [0.717, 1.165) is 33.2 Å². The number of pyridine rings is 1. The quantitative estimate of drug-likeness (QED) is 0.730. The molecular weight excluding hydrogens is 399 g/mol. The van der Waals surface area contributed by atoms with Crippen LogP contribution in [-0.2, 0) is 0 Å². The van der Waals surface area contributed by atoms with Crippen molar-refractivity contribution in [3.05, 3.63) is 62.0 Å². The summed E-state index contributed by atoms with van der Waals surface area (Å²) in [5.74, 6) is -0.191. The van der Waals surface area contributed by atoms with Crippen molar-refractivity contribution in [1.29, 1.82) is 0 Å². The van der Waals surface area contributed by atoms with E-state index in [0.29, 0.717) is 5.56 Å². The van der Waals surface area contributed by atoms with Gasteiger partial charge in [0.05, 0.1) is 11.7 Å². The average Bonchev–Trinajstić information content (AvgIpc) is 2.44. The third-order valence-corrected chi connectivity index (χ3v) is 4.31. The fraction of sp³-hybridized carbons (Fsp3) is 0.312. The number of aryl methyl sites for hydroxylation is 1. The molecule has 1 aromatic heterocycles. The SMILES string of the molecule is CCCNC(c1ccc(C)c(F)c1)c1ncc(Br)cc1Br. The van der Waals surface area contributed by atoms with E-state index >= 15 is 0 Å². The summed E-state index contributed by atoms with van der Waals surface area (Å²) in [5.41, 5.74) is 2.38. The number of nitrogens with zero attached hydrogens (tertiary/aromatic N) is 1. The Balaban J connectivity index is 2.44. The number of halogens is 3. The standard InChI is InChI=1S/C16H17Br2FN2/c1-3-6-20-15(11-5-4-10(2)14(19)7-11)16-13(18)8-12(17)9-21-16/h4-5,7-9,15,20H,3,6H2,1-2H3. The molecule has 21 heavy (non-hydrogen) atoms. The molecule has 0 saturated heterocycles. The van der Waals surface area contributed by atoms with Crippen LogP contribution in [0.15, 0.2) is 39.4 Å². The molecule has 5 heteroatoms. The van der Waals surface area contributed by atoms with Gasteiger partial charge in [0.25, 0.3) is 0 Å². The van der Waals surface area contributed by atoms with Gasteiger partial charge in [-0.2, -0.15) is 0 Å². The molecule has 1 heterocycles. The van der Waals surface area contributed by atoms with Crippen LogP contribution in [0.25, 0.3) is 0 Å². The van der Waals surface area contributed by atoms with Crippen molar-refractivity contribution in [3.8, 4) is 0 Å². The highest BCUT2D eigenvalue weighted by molar-refractivity contribution is 9.11. The van der Waals surface area contributed by atoms with Gasteiger partial charge in [0.15, 0.2) is 0 Å². The predicted molar refractivity (Wildman–Crippen MR) is 90.9 cm³/mol. The zero-order valence-corrected chi connectivity index (χ0v) is 15.1. The molecule has 1 N–H and O–H groups in total. The van der Waals surface area contributed by atoms with Crippen molar-refractivity contribution >= 4 is 31.9 Å². The van der Waals surface area contributed by atoms with Gasteiger partial charge in [0.2, 0.25) is 0 Å². The Morgan fingerprint density at radius 2 is 2.05 bits per heavy atom. The molecule has 2 aromatic rings. The van der Waals surface area contributed by atoms with E-state index in [2.05, 4.69) is 49.1 Å². The zero-order valence-electron chi connectivity index (χ0n) is 12.0. The van der Waals surface area contributed by atoms with Gasteiger partial charge in [-0.3, -0.25) is 4.98 Å². The van der Waals surface area contributed by atoms with Gasteiger partial charge in [-0.05, 0) is 75.0 Å². The first kappa shape index (κ1) is 16.6. The lowest BCUT2D eigenvalue weighted by Crippen LogP contribution is -2.24. The third-order valence-electron chi connectivity index (χ3n) is 3.24. The first-order valence-corrected chi connectivity index (χ1v) is 8.42. The molecule has 1 unspecified atom stereocenters. The largest absolute Gasteiger partial charge is 0.305 e. The fourth-order valence-corrected chi connectivity index (χ4v) is 3.30. The third kappa shape index (κ3) is 4.11. The Hall–Kier alpha value is -0.780. The van der Waals surface area contributed by atoms with Crippen LogP contribution in [0.3, 0.4) is 0 Å². The van der Waals surface area contributed by atoms with Gasteiger partial charge in [0.1, 0.15) is 5.82 Å². The summed E-state index contributed by atoms with van der Waals surface area (Å²) in [7, 11) is 0. The van der Waals surface area contributed by atoms with Gasteiger partial charge in [-0.15, -0.1) is 0 Å². The van der Waals surface area contributed by atoms with Crippen molar-refractivity contribution < 1.29 is 4.39 Å². The molecule has 112 valence electrons. The smallest absolute Gasteiger partial charge is 0.126 e. The minimum absolute atomic E-state index is 0.137. The lowest BCUT2D eigenvalue weighted by Gasteiger charge is -2.20. The Kier molecular flexibility index (Phi) is 5.90. The Labute approximate surface area is 141 Å². The Morgan fingerprint density at radius 3 is 2.67 bits per heavy atom. The van der Waals surface area contributed by atoms with Crippen LogP contribution in [0.4, 0.5) is 4.39 Å². The van der Waals surface area contributed by atoms with Gasteiger partial charge in [-0.25, -0.2) is 4.39 Å². The van der Waals surface area contributed by atoms with Crippen molar-refractivity contribution in [2.75, 3.05) is 6.54 Å². The van der Waals surface area contributed by atoms with Gasteiger partial charge in [-0.1, -0.05) is 19.1 Å². The monoisotopic (exact) mass is 414 g/mol. The van der Waals surface area contributed by atoms with Crippen molar-refractivity contribution in [2.24, 2.45) is 0 Å². The second-order valence-corrected chi connectivity index (χ2v) is 6.69. The minimum Gasteiger partial charge on any atom is -0.305 e. The Morgan fingerprint density at radius 1 is 1.29 bits per heavy atom. The first-order chi connectivity index (χ1) is 10.0. The number of hydrogen-bond donors (Lipinski definition) is 1. The van der Waals surface area contributed by atoms with Crippen LogP contribution in [0.1, 0.15) is 36.2 Å². The lowest BCUT2D eigenvalue weighted by atomic mass is 10.0. The summed E-state index contributed by atoms with van der Waals surface area (Å²) >= 11 is 6.95. The predicted octanol–water partition coefficient (Wildman–Crippen LogP) is 5.14. The second-order valence-electron chi connectivity index (χ2n) is 4.92. The van der Waals surface area contributed by atoms with E-state index in [1.54, 1.807) is 25.3 Å². The van der Waals surface area contributed by atoms with E-state index in [9.17, 15) is 4.39 Å². The first-order valence-electron chi connectivity index (χ1n) is 6.83. The maximum Gasteiger partial charge on any atom is 0.126 e. The molecule has 1 atom stereocenters. The molecule has 0 spiro atoms. The van der Waals surface area contributed by atoms with Crippen molar-refractivity contribution in [1.82, 2.24) is 10.3 Å². The van der Waals surface area contributed by atoms with Gasteiger partial charge < -0.3 is 5.32 Å². The summed E-state index contributed by atoms with van der Waals surface area (Å²) in [5, 5.41) is 3.43. The number of benzene rings is 1. The molecule has 0 aliphatic carbocycles. The van der Waals surface area contributed by atoms with Crippen molar-refractivity contribution in [2.45, 2.75) is 26.3 Å². The van der Waals surface area contributed by atoms with Crippen LogP contribution < -0.4 is 5.32 Å². The molecule has 0 aliphatic rings. The number of nitrogens with one attached hydrogen (secondary N) is 1. The van der Waals surface area contributed by atoms with Crippen LogP contribution in [0.5, 0.6) is 0 Å². The number of rotatable bonds is 5. The molecule has 2 nitrogen and oxygen atoms in total. The van der Waals surface area contributed by atoms with Gasteiger partial charge in [0, 0.05) is 15.1 Å². The molecule has 0 saturated carbocycles. The van der Waals surface area contributed by atoms with E-state index in [4.69, 9.17) is 0 Å². The number of hydrogen-bond acceptors (Lipinski definition) is 2. The highest BCUT2D eigenvalue weighted by Crippen LogP contribution is 2.29. The molecule has 0 amide bonds. The lowest BCUT2D eigenvalue weighted by molar-refractivity contribution is 0.572. The van der Waals surface area contributed by atoms with E-state index in [1.165, 1.54) is 0 Å². The minimum atomic E-state index is -0.191. The average molecular weight is 416 g/mol. The highest BCUT2D eigenvalue weighted by atomic mass is 79.9. The summed E-state index contributed by atoms with van der Waals surface area (Å²) in [6.07, 6.45) is 2.75. The summed E-state index contributed by atoms with van der Waals surface area (Å²) in [6, 6.07) is 7.15. The Bertz CT molecular complexity index is 632. The molecule has 2 rings (SSSR count). The number of aromatic nitrogens is 1. The van der Waals surface area contributed by atoms with Crippen LogP contribution in [0.2, 0.25) is 0 Å². The van der Waals surface area contributed by atoms with E-state index in [-0.39, 0.29) is 11.9 Å². The summed E-state index contributed by atoms with van der Waals surface area (Å²) in [4.78, 5) is 4.48. The molecular formula is C16H17Br2FN2. The summed E-state index contributed by atoms with van der Waals surface area (Å²) < 4.78 is 15.7. The molecule has 0 bridgehead atoms. The maximum absolute atomic E-state index is 13.9. The van der Waals surface area contributed by atoms with Crippen LogP contribution in [0, 0.1) is 12.7 Å². The normalized spacial score (nSPS) is 12.4. The van der Waals surface area contributed by atoms with Crippen LogP contribution in [-0.4, -0.2) is 11.5 Å². The highest BCUT2D eigenvalue weighted by Gasteiger charge is 2.19. The molecule has 0 radical (unpaired) electrons. The summed E-state index contributed by atoms with van der Waals surface area (Å²) in [6.45, 7) is 4.70. The van der Waals surface area contributed by atoms with Crippen LogP contribution >= 0.6 is 31.9 Å². The fourth-order valence-electron chi connectivity index (χ4n) is 2.09. The second kappa shape index (κ2) is 7.47. The molecule has 0 fully saturated rings. The molecule has 1 aromatic carbocycles. The zero-order chi connectivity index (χ0) is 15.4. The topological polar surface area (TPSA) is 24.9 Å². The molecule has 0 aliphatic heterocycles.